The number of aliphatic carboxylic acids is 1. The number of carboxylic acid groups (broad SMARTS) is 1. The van der Waals surface area contributed by atoms with Crippen LogP contribution in [0.5, 0.6) is 0 Å². The van der Waals surface area contributed by atoms with E-state index in [2.05, 4.69) is 9.97 Å². The molecule has 2 aromatic rings. The van der Waals surface area contributed by atoms with Crippen LogP contribution in [0.4, 0.5) is 0 Å². The average molecular weight is 326 g/mol. The zero-order valence-electron chi connectivity index (χ0n) is 11.5. The molecule has 1 aliphatic carbocycles. The van der Waals surface area contributed by atoms with E-state index < -0.39 is 18.7 Å². The molecule has 21 heavy (non-hydrogen) atoms. The third-order valence-electron chi connectivity index (χ3n) is 3.60. The van der Waals surface area contributed by atoms with Crippen molar-refractivity contribution < 1.29 is 14.6 Å². The minimum Gasteiger partial charge on any atom is -0.548 e. The van der Waals surface area contributed by atoms with Crippen molar-refractivity contribution in [3.63, 3.8) is 0 Å². The van der Waals surface area contributed by atoms with Crippen molar-refractivity contribution in [2.75, 3.05) is 6.61 Å². The van der Waals surface area contributed by atoms with Gasteiger partial charge in [0.25, 0.3) is 0 Å². The Kier molecular flexibility index (Phi) is 4.10. The summed E-state index contributed by atoms with van der Waals surface area (Å²) in [4.78, 5) is 21.4. The Morgan fingerprint density at radius 3 is 2.95 bits per heavy atom. The number of hydrogen-bond donors (Lipinski definition) is 0. The molecule has 0 amide bonds. The summed E-state index contributed by atoms with van der Waals surface area (Å²) < 4.78 is 5.15. The summed E-state index contributed by atoms with van der Waals surface area (Å²) in [5, 5.41) is 11.8. The van der Waals surface area contributed by atoms with Crippen molar-refractivity contribution in [1.29, 1.82) is 0 Å². The van der Waals surface area contributed by atoms with E-state index in [1.54, 1.807) is 18.3 Å². The smallest absolute Gasteiger partial charge is 0.160 e. The number of hydrogen-bond acceptors (Lipinski definition) is 6. The maximum absolute atomic E-state index is 10.4. The second-order valence-corrected chi connectivity index (χ2v) is 6.53. The normalized spacial score (nSPS) is 15.9. The lowest BCUT2D eigenvalue weighted by atomic mass is 9.97. The molecule has 0 saturated carbocycles. The van der Waals surface area contributed by atoms with Crippen molar-refractivity contribution in [1.82, 2.24) is 9.97 Å². The van der Waals surface area contributed by atoms with Gasteiger partial charge >= 0.3 is 0 Å². The number of carbonyl (C=O) groups is 1. The molecule has 0 radical (unpaired) electrons. The van der Waals surface area contributed by atoms with Crippen LogP contribution < -0.4 is 5.11 Å². The number of aryl methyl sites for hydroxylation is 2. The van der Waals surface area contributed by atoms with Crippen molar-refractivity contribution in [2.45, 2.75) is 38.7 Å². The molecule has 0 saturated heterocycles. The molecule has 0 spiro atoms. The lowest BCUT2D eigenvalue weighted by Crippen LogP contribution is -2.28. The Morgan fingerprint density at radius 2 is 2.19 bits per heavy atom. The van der Waals surface area contributed by atoms with Crippen LogP contribution in [0, 0.1) is 0 Å². The molecule has 1 atom stereocenters. The van der Waals surface area contributed by atoms with Crippen LogP contribution in [-0.4, -0.2) is 22.5 Å². The van der Waals surface area contributed by atoms with Crippen LogP contribution in [-0.2, 0) is 22.4 Å². The van der Waals surface area contributed by atoms with Gasteiger partial charge in [0.15, 0.2) is 5.82 Å². The highest BCUT2D eigenvalue weighted by molar-refractivity contribution is 7.19. The van der Waals surface area contributed by atoms with E-state index in [0.717, 1.165) is 23.1 Å². The highest BCUT2D eigenvalue weighted by Gasteiger charge is 2.21. The zero-order valence-corrected chi connectivity index (χ0v) is 13.1. The van der Waals surface area contributed by atoms with E-state index in [-0.39, 0.29) is 0 Å². The van der Waals surface area contributed by atoms with Gasteiger partial charge in [-0.15, -0.1) is 11.3 Å². The summed E-state index contributed by atoms with van der Waals surface area (Å²) in [5.74, 6) is -0.854. The molecule has 0 aromatic carbocycles. The first-order chi connectivity index (χ1) is 10.1. The topological polar surface area (TPSA) is 75.1 Å². The number of nitrogens with zero attached hydrogens (tertiary/aromatic N) is 2. The third-order valence-corrected chi connectivity index (χ3v) is 5.06. The lowest BCUT2D eigenvalue weighted by Gasteiger charge is -2.13. The molecular formula is C14H14ClN2O3S-. The van der Waals surface area contributed by atoms with Crippen LogP contribution in [0.15, 0.2) is 0 Å². The molecule has 2 heterocycles. The molecule has 0 N–H and O–H groups in total. The Bertz CT molecular complexity index is 701. The van der Waals surface area contributed by atoms with Crippen molar-refractivity contribution >= 4 is 39.1 Å². The maximum Gasteiger partial charge on any atom is 0.160 e. The monoisotopic (exact) mass is 325 g/mol. The van der Waals surface area contributed by atoms with Crippen molar-refractivity contribution in [2.24, 2.45) is 0 Å². The first kappa shape index (κ1) is 14.7. The van der Waals surface area contributed by atoms with E-state index in [1.807, 2.05) is 0 Å². The van der Waals surface area contributed by atoms with Gasteiger partial charge < -0.3 is 14.6 Å². The molecule has 7 heteroatoms. The van der Waals surface area contributed by atoms with Gasteiger partial charge in [-0.1, -0.05) is 11.6 Å². The van der Waals surface area contributed by atoms with Gasteiger partial charge in [-0.2, -0.15) is 0 Å². The van der Waals surface area contributed by atoms with Gasteiger partial charge in [-0.25, -0.2) is 9.97 Å². The molecule has 5 nitrogen and oxygen atoms in total. The number of carboxylic acids is 1. The molecule has 0 aliphatic heterocycles. The van der Waals surface area contributed by atoms with E-state index in [0.29, 0.717) is 11.0 Å². The minimum atomic E-state index is -1.26. The number of ether oxygens (including phenoxy) is 1. The summed E-state index contributed by atoms with van der Waals surface area (Å²) in [6, 6.07) is 0. The second kappa shape index (κ2) is 5.87. The fourth-order valence-corrected chi connectivity index (χ4v) is 4.19. The van der Waals surface area contributed by atoms with Gasteiger partial charge in [-0.3, -0.25) is 0 Å². The molecule has 2 aromatic heterocycles. The lowest BCUT2D eigenvalue weighted by molar-refractivity contribution is -0.310. The zero-order chi connectivity index (χ0) is 15.0. The molecule has 0 bridgehead atoms. The Hall–Kier alpha value is -1.24. The Balaban J connectivity index is 1.97. The predicted octanol–water partition coefficient (Wildman–Crippen LogP) is 2.05. The highest BCUT2D eigenvalue weighted by Crippen LogP contribution is 2.38. The molecule has 0 fully saturated rings. The van der Waals surface area contributed by atoms with E-state index in [1.165, 1.54) is 23.3 Å². The van der Waals surface area contributed by atoms with Gasteiger partial charge in [0.2, 0.25) is 0 Å². The second-order valence-electron chi connectivity index (χ2n) is 5.09. The summed E-state index contributed by atoms with van der Waals surface area (Å²) in [6.45, 7) is 1.22. The van der Waals surface area contributed by atoms with Gasteiger partial charge in [-0.05, 0) is 38.2 Å². The van der Waals surface area contributed by atoms with E-state index >= 15 is 0 Å². The van der Waals surface area contributed by atoms with E-state index in [4.69, 9.17) is 16.3 Å². The van der Waals surface area contributed by atoms with Crippen molar-refractivity contribution in [3.8, 4) is 0 Å². The van der Waals surface area contributed by atoms with Gasteiger partial charge in [0.1, 0.15) is 16.1 Å². The molecule has 1 unspecified atom stereocenters. The first-order valence-corrected chi connectivity index (χ1v) is 8.05. The Labute approximate surface area is 130 Å². The number of carbonyl (C=O) groups excluding carboxylic acids is 1. The van der Waals surface area contributed by atoms with Crippen LogP contribution in [0.25, 0.3) is 10.2 Å². The standard InChI is InChI=1S/C14H15ClN2O3S/c1-7(20-6-10(18)19)13-16-12(15)11-8-4-2-3-5-9(8)21-14(11)17-13/h7H,2-6H2,1H3,(H,18,19)/p-1. The van der Waals surface area contributed by atoms with Crippen molar-refractivity contribution in [3.05, 3.63) is 21.4 Å². The highest BCUT2D eigenvalue weighted by atomic mass is 35.5. The predicted molar refractivity (Wildman–Crippen MR) is 78.4 cm³/mol. The molecule has 112 valence electrons. The first-order valence-electron chi connectivity index (χ1n) is 6.85. The maximum atomic E-state index is 10.4. The SMILES string of the molecule is CC(OCC(=O)[O-])c1nc(Cl)c2c3c(sc2n1)CCCC3. The quantitative estimate of drug-likeness (QED) is 0.804. The fourth-order valence-electron chi connectivity index (χ4n) is 2.58. The Morgan fingerprint density at radius 1 is 1.43 bits per heavy atom. The number of halogens is 1. The number of fused-ring (bicyclic) bond motifs is 3. The number of aromatic nitrogens is 2. The number of thiophene rings is 1. The summed E-state index contributed by atoms with van der Waals surface area (Å²) in [7, 11) is 0. The largest absolute Gasteiger partial charge is 0.548 e. The molecule has 3 rings (SSSR count). The number of rotatable bonds is 4. The summed E-state index contributed by atoms with van der Waals surface area (Å²) in [5.41, 5.74) is 1.28. The third kappa shape index (κ3) is 2.88. The van der Waals surface area contributed by atoms with E-state index in [9.17, 15) is 9.90 Å². The fraction of sp³-hybridized carbons (Fsp3) is 0.500. The average Bonchev–Trinajstić information content (AvgIpc) is 2.83. The van der Waals surface area contributed by atoms with Crippen LogP contribution in [0.1, 0.15) is 42.1 Å². The molecule has 1 aliphatic rings. The van der Waals surface area contributed by atoms with Crippen LogP contribution in [0.3, 0.4) is 0 Å². The molecular weight excluding hydrogens is 312 g/mol. The summed E-state index contributed by atoms with van der Waals surface area (Å²) in [6.07, 6.45) is 3.92. The summed E-state index contributed by atoms with van der Waals surface area (Å²) >= 11 is 7.97. The minimum absolute atomic E-state index is 0.410. The van der Waals surface area contributed by atoms with Gasteiger partial charge in [0.05, 0.1) is 18.0 Å². The van der Waals surface area contributed by atoms with Gasteiger partial charge in [0, 0.05) is 4.88 Å². The van der Waals surface area contributed by atoms with Crippen LogP contribution >= 0.6 is 22.9 Å². The van der Waals surface area contributed by atoms with Crippen LogP contribution in [0.2, 0.25) is 5.15 Å².